The van der Waals surface area contributed by atoms with Crippen molar-refractivity contribution >= 4 is 23.2 Å². The second-order valence-electron chi connectivity index (χ2n) is 2.28. The molecule has 0 aliphatic heterocycles. The van der Waals surface area contributed by atoms with Crippen molar-refractivity contribution in [1.29, 1.82) is 0 Å². The van der Waals surface area contributed by atoms with E-state index in [0.29, 0.717) is 0 Å². The van der Waals surface area contributed by atoms with Crippen LogP contribution in [0.5, 0.6) is 0 Å². The second kappa shape index (κ2) is 11.4. The minimum atomic E-state index is 0.194. The predicted molar refractivity (Wildman–Crippen MR) is 46.3 cm³/mol. The monoisotopic (exact) mass is 170 g/mol. The third-order valence-corrected chi connectivity index (χ3v) is 0.866. The standard InChI is InChI=1S/C6H14.CH2Cl2/c1-4-5-6(2)3;2-1-3/h6H,4-5H2,1-3H3;1H2. The zero-order valence-corrected chi connectivity index (χ0v) is 7.97. The highest BCUT2D eigenvalue weighted by molar-refractivity contribution is 6.40. The first kappa shape index (κ1) is 12.3. The number of halogens is 2. The summed E-state index contributed by atoms with van der Waals surface area (Å²) in [5.41, 5.74) is 0. The Morgan fingerprint density at radius 3 is 1.56 bits per heavy atom. The number of hydrogen-bond donors (Lipinski definition) is 0. The van der Waals surface area contributed by atoms with Gasteiger partial charge in [0.2, 0.25) is 0 Å². The maximum Gasteiger partial charge on any atom is 0.0967 e. The van der Waals surface area contributed by atoms with Gasteiger partial charge < -0.3 is 0 Å². The van der Waals surface area contributed by atoms with E-state index in [0.717, 1.165) is 5.92 Å². The topological polar surface area (TPSA) is 0 Å². The van der Waals surface area contributed by atoms with Gasteiger partial charge in [-0.15, -0.1) is 23.2 Å². The maximum absolute atomic E-state index is 4.76. The molecule has 0 saturated carbocycles. The molecule has 0 N–H and O–H groups in total. The molecule has 9 heavy (non-hydrogen) atoms. The third kappa shape index (κ3) is 29.0. The van der Waals surface area contributed by atoms with Gasteiger partial charge in [-0.25, -0.2) is 0 Å². The summed E-state index contributed by atoms with van der Waals surface area (Å²) in [5, 5.41) is 0.194. The Morgan fingerprint density at radius 1 is 1.22 bits per heavy atom. The van der Waals surface area contributed by atoms with E-state index in [-0.39, 0.29) is 5.34 Å². The lowest BCUT2D eigenvalue weighted by Crippen LogP contribution is -1.81. The highest BCUT2D eigenvalue weighted by Gasteiger charge is 1.85. The number of rotatable bonds is 2. The number of alkyl halides is 2. The second-order valence-corrected chi connectivity index (χ2v) is 3.09. The van der Waals surface area contributed by atoms with Crippen LogP contribution in [0.25, 0.3) is 0 Å². The van der Waals surface area contributed by atoms with E-state index in [2.05, 4.69) is 20.8 Å². The van der Waals surface area contributed by atoms with Crippen molar-refractivity contribution in [2.45, 2.75) is 33.6 Å². The van der Waals surface area contributed by atoms with E-state index in [1.807, 2.05) is 0 Å². The molecule has 2 heteroatoms. The molecule has 0 heterocycles. The van der Waals surface area contributed by atoms with Crippen LogP contribution in [0.4, 0.5) is 0 Å². The van der Waals surface area contributed by atoms with Crippen LogP contribution in [-0.2, 0) is 0 Å². The van der Waals surface area contributed by atoms with E-state index in [1.165, 1.54) is 12.8 Å². The molecule has 58 valence electrons. The molecule has 0 radical (unpaired) electrons. The SMILES string of the molecule is CCCC(C)C.ClCCl. The van der Waals surface area contributed by atoms with Crippen LogP contribution >= 0.6 is 23.2 Å². The Bertz CT molecular complexity index is 35.9. The Balaban J connectivity index is 0. The average Bonchev–Trinajstić information content (AvgIpc) is 1.67. The van der Waals surface area contributed by atoms with Crippen LogP contribution in [0, 0.1) is 5.92 Å². The van der Waals surface area contributed by atoms with Gasteiger partial charge in [-0.05, 0) is 5.92 Å². The normalized spacial score (nSPS) is 8.67. The molecular formula is C7H16Cl2. The van der Waals surface area contributed by atoms with Crippen LogP contribution in [0.15, 0.2) is 0 Å². The minimum Gasteiger partial charge on any atom is -0.109 e. The molecule has 0 aromatic heterocycles. The van der Waals surface area contributed by atoms with Crippen molar-refractivity contribution in [1.82, 2.24) is 0 Å². The van der Waals surface area contributed by atoms with Gasteiger partial charge in [0, 0.05) is 0 Å². The molecule has 0 fully saturated rings. The third-order valence-electron chi connectivity index (χ3n) is 0.866. The van der Waals surface area contributed by atoms with Gasteiger partial charge in [0.25, 0.3) is 0 Å². The van der Waals surface area contributed by atoms with Gasteiger partial charge in [0.1, 0.15) is 0 Å². The van der Waals surface area contributed by atoms with E-state index in [9.17, 15) is 0 Å². The fourth-order valence-electron chi connectivity index (χ4n) is 0.577. The first-order valence-electron chi connectivity index (χ1n) is 3.30. The predicted octanol–water partition coefficient (Wildman–Crippen LogP) is 3.86. The summed E-state index contributed by atoms with van der Waals surface area (Å²) >= 11 is 9.53. The van der Waals surface area contributed by atoms with Gasteiger partial charge in [-0.3, -0.25) is 0 Å². The summed E-state index contributed by atoms with van der Waals surface area (Å²) in [6.45, 7) is 6.73. The molecule has 0 saturated heterocycles. The lowest BCUT2D eigenvalue weighted by Gasteiger charge is -1.95. The fraction of sp³-hybridized carbons (Fsp3) is 1.00. The van der Waals surface area contributed by atoms with E-state index >= 15 is 0 Å². The molecule has 0 aliphatic rings. The summed E-state index contributed by atoms with van der Waals surface area (Å²) in [6, 6.07) is 0. The lowest BCUT2D eigenvalue weighted by molar-refractivity contribution is 0.576. The first-order valence-corrected chi connectivity index (χ1v) is 4.37. The Kier molecular flexibility index (Phi) is 15.5. The summed E-state index contributed by atoms with van der Waals surface area (Å²) in [7, 11) is 0. The zero-order valence-electron chi connectivity index (χ0n) is 6.45. The van der Waals surface area contributed by atoms with E-state index in [1.54, 1.807) is 0 Å². The van der Waals surface area contributed by atoms with Crippen molar-refractivity contribution in [3.8, 4) is 0 Å². The van der Waals surface area contributed by atoms with Crippen molar-refractivity contribution in [2.24, 2.45) is 5.92 Å². The first-order chi connectivity index (χ1) is 4.18. The molecule has 0 nitrogen and oxygen atoms in total. The average molecular weight is 171 g/mol. The molecule has 0 amide bonds. The molecular weight excluding hydrogens is 155 g/mol. The van der Waals surface area contributed by atoms with Gasteiger partial charge >= 0.3 is 0 Å². The lowest BCUT2D eigenvalue weighted by atomic mass is 10.1. The fourth-order valence-corrected chi connectivity index (χ4v) is 0.577. The van der Waals surface area contributed by atoms with Gasteiger partial charge in [0.05, 0.1) is 5.34 Å². The molecule has 0 aliphatic carbocycles. The molecule has 0 rings (SSSR count). The molecule has 0 aromatic carbocycles. The van der Waals surface area contributed by atoms with Gasteiger partial charge in [-0.1, -0.05) is 33.6 Å². The smallest absolute Gasteiger partial charge is 0.0967 e. The summed E-state index contributed by atoms with van der Waals surface area (Å²) in [4.78, 5) is 0. The van der Waals surface area contributed by atoms with Crippen LogP contribution in [0.2, 0.25) is 0 Å². The van der Waals surface area contributed by atoms with Crippen LogP contribution in [0.1, 0.15) is 33.6 Å². The van der Waals surface area contributed by atoms with E-state index < -0.39 is 0 Å². The molecule has 0 spiro atoms. The Hall–Kier alpha value is 0.580. The molecule has 0 atom stereocenters. The van der Waals surface area contributed by atoms with Crippen molar-refractivity contribution in [3.05, 3.63) is 0 Å². The summed E-state index contributed by atoms with van der Waals surface area (Å²) < 4.78 is 0. The van der Waals surface area contributed by atoms with Crippen LogP contribution in [0.3, 0.4) is 0 Å². The zero-order chi connectivity index (χ0) is 7.70. The molecule has 0 aromatic rings. The largest absolute Gasteiger partial charge is 0.109 e. The number of hydrogen-bond acceptors (Lipinski definition) is 0. The minimum absolute atomic E-state index is 0.194. The van der Waals surface area contributed by atoms with Crippen molar-refractivity contribution in [3.63, 3.8) is 0 Å². The summed E-state index contributed by atoms with van der Waals surface area (Å²) in [6.07, 6.45) is 2.71. The Morgan fingerprint density at radius 2 is 1.56 bits per heavy atom. The quantitative estimate of drug-likeness (QED) is 0.553. The maximum atomic E-state index is 4.76. The molecule has 0 bridgehead atoms. The highest BCUT2D eigenvalue weighted by atomic mass is 35.5. The van der Waals surface area contributed by atoms with Crippen molar-refractivity contribution in [2.75, 3.05) is 5.34 Å². The van der Waals surface area contributed by atoms with Crippen LogP contribution < -0.4 is 0 Å². The van der Waals surface area contributed by atoms with Crippen molar-refractivity contribution < 1.29 is 0 Å². The molecule has 0 unspecified atom stereocenters. The summed E-state index contributed by atoms with van der Waals surface area (Å²) in [5.74, 6) is 0.898. The highest BCUT2D eigenvalue weighted by Crippen LogP contribution is 2.00. The van der Waals surface area contributed by atoms with E-state index in [4.69, 9.17) is 23.2 Å². The van der Waals surface area contributed by atoms with Gasteiger partial charge in [0.15, 0.2) is 0 Å². The Labute approximate surface area is 68.5 Å². The van der Waals surface area contributed by atoms with Gasteiger partial charge in [-0.2, -0.15) is 0 Å². The van der Waals surface area contributed by atoms with Crippen LogP contribution in [-0.4, -0.2) is 5.34 Å².